The van der Waals surface area contributed by atoms with Gasteiger partial charge in [-0.3, -0.25) is 0 Å². The van der Waals surface area contributed by atoms with Crippen LogP contribution in [0, 0.1) is 0 Å². The quantitative estimate of drug-likeness (QED) is 0.363. The normalized spacial score (nSPS) is 10.4. The molecule has 0 heterocycles. The van der Waals surface area contributed by atoms with Gasteiger partial charge in [-0.15, -0.1) is 0 Å². The number of carbonyl (C=O) groups excluding carboxylic acids is 1. The number of hydrogen-bond acceptors (Lipinski definition) is 5. The number of methoxy groups -OCH3 is 1. The average Bonchev–Trinajstić information content (AvgIpc) is 2.28. The first kappa shape index (κ1) is 12.1. The molecule has 0 saturated heterocycles. The second kappa shape index (κ2) is 5.77. The van der Waals surface area contributed by atoms with Gasteiger partial charge in [0.25, 0.3) is 0 Å². The summed E-state index contributed by atoms with van der Waals surface area (Å²) < 4.78 is 4.42. The third-order valence-electron chi connectivity index (χ3n) is 1.78. The van der Waals surface area contributed by atoms with Crippen LogP contribution < -0.4 is 4.89 Å². The van der Waals surface area contributed by atoms with Gasteiger partial charge in [0.15, 0.2) is 5.75 Å². The van der Waals surface area contributed by atoms with Crippen LogP contribution in [0.4, 0.5) is 0 Å². The molecule has 0 radical (unpaired) electrons. The lowest BCUT2D eigenvalue weighted by Gasteiger charge is -2.03. The molecule has 86 valence electrons. The van der Waals surface area contributed by atoms with Crippen molar-refractivity contribution in [3.05, 3.63) is 29.8 Å². The maximum absolute atomic E-state index is 10.8. The molecule has 0 unspecified atom stereocenters. The Morgan fingerprint density at radius 3 is 2.69 bits per heavy atom. The number of phenols is 1. The van der Waals surface area contributed by atoms with Crippen LogP contribution in [0.5, 0.6) is 11.5 Å². The number of aromatic hydroxyl groups is 1. The van der Waals surface area contributed by atoms with Crippen LogP contribution in [-0.4, -0.2) is 25.3 Å². The van der Waals surface area contributed by atoms with Gasteiger partial charge in [-0.25, -0.2) is 4.79 Å². The van der Waals surface area contributed by atoms with Gasteiger partial charge in [-0.2, -0.15) is 4.89 Å². The Kier molecular flexibility index (Phi) is 4.35. The van der Waals surface area contributed by atoms with Gasteiger partial charge in [-0.05, 0) is 18.2 Å². The Hall–Kier alpha value is -2.01. The van der Waals surface area contributed by atoms with Gasteiger partial charge in [0.1, 0.15) is 5.75 Å². The Balaban J connectivity index is 2.82. The number of hydrogen-bond donors (Lipinski definition) is 1. The maximum Gasteiger partial charge on any atom is 0.330 e. The van der Waals surface area contributed by atoms with Gasteiger partial charge >= 0.3 is 5.97 Å². The van der Waals surface area contributed by atoms with E-state index in [2.05, 4.69) is 9.62 Å². The Bertz CT molecular complexity index is 397. The minimum absolute atomic E-state index is 0.0188. The van der Waals surface area contributed by atoms with Crippen molar-refractivity contribution in [1.82, 2.24) is 0 Å². The van der Waals surface area contributed by atoms with E-state index in [1.165, 1.54) is 32.4 Å². The lowest BCUT2D eigenvalue weighted by Crippen LogP contribution is -1.93. The van der Waals surface area contributed by atoms with Crippen molar-refractivity contribution < 1.29 is 24.4 Å². The maximum atomic E-state index is 10.8. The monoisotopic (exact) mass is 224 g/mol. The molecule has 1 rings (SSSR count). The highest BCUT2D eigenvalue weighted by Crippen LogP contribution is 2.24. The molecule has 5 heteroatoms. The van der Waals surface area contributed by atoms with E-state index in [4.69, 9.17) is 4.89 Å². The zero-order valence-electron chi connectivity index (χ0n) is 8.97. The molecule has 0 spiro atoms. The van der Waals surface area contributed by atoms with Crippen molar-refractivity contribution >= 4 is 12.0 Å². The number of carbonyl (C=O) groups is 1. The Morgan fingerprint density at radius 2 is 2.12 bits per heavy atom. The van der Waals surface area contributed by atoms with Crippen LogP contribution in [0.2, 0.25) is 0 Å². The number of esters is 1. The summed E-state index contributed by atoms with van der Waals surface area (Å²) in [6.07, 6.45) is 2.66. The summed E-state index contributed by atoms with van der Waals surface area (Å²) in [5, 5.41) is 9.56. The number of ether oxygens (including phenoxy) is 1. The predicted octanol–water partition coefficient (Wildman–Crippen LogP) is 1.52. The van der Waals surface area contributed by atoms with E-state index in [0.29, 0.717) is 11.3 Å². The lowest BCUT2D eigenvalue weighted by atomic mass is 10.2. The summed E-state index contributed by atoms with van der Waals surface area (Å²) in [5.74, 6) is -0.137. The molecule has 1 aromatic carbocycles. The predicted molar refractivity (Wildman–Crippen MR) is 56.8 cm³/mol. The third kappa shape index (κ3) is 3.29. The highest BCUT2D eigenvalue weighted by Gasteiger charge is 2.02. The summed E-state index contributed by atoms with van der Waals surface area (Å²) in [7, 11) is 2.64. The molecule has 1 aromatic rings. The molecule has 1 N–H and O–H groups in total. The topological polar surface area (TPSA) is 65.0 Å². The first-order chi connectivity index (χ1) is 7.67. The van der Waals surface area contributed by atoms with Crippen LogP contribution in [0.15, 0.2) is 24.3 Å². The van der Waals surface area contributed by atoms with Crippen molar-refractivity contribution in [3.8, 4) is 11.5 Å². The molecule has 0 saturated carbocycles. The highest BCUT2D eigenvalue weighted by atomic mass is 17.2. The fraction of sp³-hybridized carbons (Fsp3) is 0.182. The zero-order valence-corrected chi connectivity index (χ0v) is 8.97. The molecular formula is C11H12O5. The van der Waals surface area contributed by atoms with Crippen LogP contribution in [0.25, 0.3) is 6.08 Å². The van der Waals surface area contributed by atoms with Crippen molar-refractivity contribution in [1.29, 1.82) is 0 Å². The SMILES string of the molecule is COOc1ccc(C=CC(=O)OC)c(O)c1. The van der Waals surface area contributed by atoms with Gasteiger partial charge in [-0.1, -0.05) is 0 Å². The van der Waals surface area contributed by atoms with Crippen molar-refractivity contribution in [2.75, 3.05) is 14.2 Å². The number of phenolic OH excluding ortho intramolecular Hbond substituents is 1. The summed E-state index contributed by atoms with van der Waals surface area (Å²) >= 11 is 0. The average molecular weight is 224 g/mol. The van der Waals surface area contributed by atoms with Crippen LogP contribution in [0.3, 0.4) is 0 Å². The summed E-state index contributed by atoms with van der Waals surface area (Å²) in [6, 6.07) is 4.56. The van der Waals surface area contributed by atoms with Crippen molar-refractivity contribution in [3.63, 3.8) is 0 Å². The molecule has 16 heavy (non-hydrogen) atoms. The summed E-state index contributed by atoms with van der Waals surface area (Å²) in [4.78, 5) is 20.0. The molecule has 0 aliphatic rings. The van der Waals surface area contributed by atoms with Crippen LogP contribution in [-0.2, 0) is 14.4 Å². The molecular weight excluding hydrogens is 212 g/mol. The number of benzene rings is 1. The molecule has 0 bridgehead atoms. The van der Waals surface area contributed by atoms with E-state index >= 15 is 0 Å². The van der Waals surface area contributed by atoms with E-state index < -0.39 is 5.97 Å². The summed E-state index contributed by atoms with van der Waals surface area (Å²) in [6.45, 7) is 0. The molecule has 0 aromatic heterocycles. The van der Waals surface area contributed by atoms with Crippen LogP contribution in [0.1, 0.15) is 5.56 Å². The smallest absolute Gasteiger partial charge is 0.330 e. The van der Waals surface area contributed by atoms with Gasteiger partial charge in [0.2, 0.25) is 0 Å². The highest BCUT2D eigenvalue weighted by molar-refractivity contribution is 5.87. The minimum Gasteiger partial charge on any atom is -0.507 e. The fourth-order valence-electron chi connectivity index (χ4n) is 1.04. The zero-order chi connectivity index (χ0) is 12.0. The Morgan fingerprint density at radius 1 is 1.38 bits per heavy atom. The molecule has 0 aliphatic carbocycles. The molecule has 0 fully saturated rings. The van der Waals surface area contributed by atoms with E-state index in [1.54, 1.807) is 12.1 Å². The van der Waals surface area contributed by atoms with Gasteiger partial charge < -0.3 is 14.7 Å². The second-order valence-corrected chi connectivity index (χ2v) is 2.83. The minimum atomic E-state index is -0.489. The molecule has 0 aliphatic heterocycles. The standard InChI is InChI=1S/C11H12O5/c1-14-11(13)6-4-8-3-5-9(16-15-2)7-10(8)12/h3-7,12H,1-2H3. The first-order valence-electron chi connectivity index (χ1n) is 4.47. The first-order valence-corrected chi connectivity index (χ1v) is 4.47. The molecule has 0 atom stereocenters. The van der Waals surface area contributed by atoms with Crippen molar-refractivity contribution in [2.24, 2.45) is 0 Å². The van der Waals surface area contributed by atoms with E-state index in [1.807, 2.05) is 0 Å². The van der Waals surface area contributed by atoms with Crippen molar-refractivity contribution in [2.45, 2.75) is 0 Å². The second-order valence-electron chi connectivity index (χ2n) is 2.83. The van der Waals surface area contributed by atoms with E-state index in [9.17, 15) is 9.90 Å². The fourth-order valence-corrected chi connectivity index (χ4v) is 1.04. The van der Waals surface area contributed by atoms with Crippen LogP contribution >= 0.6 is 0 Å². The lowest BCUT2D eigenvalue weighted by molar-refractivity contribution is -0.178. The molecule has 5 nitrogen and oxygen atoms in total. The van der Waals surface area contributed by atoms with Gasteiger partial charge in [0.05, 0.1) is 14.2 Å². The van der Waals surface area contributed by atoms with E-state index in [-0.39, 0.29) is 5.75 Å². The third-order valence-corrected chi connectivity index (χ3v) is 1.78. The Labute approximate surface area is 92.8 Å². The summed E-state index contributed by atoms with van der Waals surface area (Å²) in [5.41, 5.74) is 0.480. The number of rotatable bonds is 4. The molecule has 0 amide bonds. The largest absolute Gasteiger partial charge is 0.507 e. The van der Waals surface area contributed by atoms with Gasteiger partial charge in [0, 0.05) is 17.7 Å². The van der Waals surface area contributed by atoms with E-state index in [0.717, 1.165) is 0 Å².